The number of hydrogen-bond donors (Lipinski definition) is 2. The summed E-state index contributed by atoms with van der Waals surface area (Å²) in [6.07, 6.45) is 8.05. The molecule has 9 heteroatoms. The van der Waals surface area contributed by atoms with Crippen LogP contribution in [0, 0.1) is 5.92 Å². The molecule has 2 unspecified atom stereocenters. The molecule has 1 aliphatic carbocycles. The fourth-order valence-corrected chi connectivity index (χ4v) is 5.30. The van der Waals surface area contributed by atoms with Crippen LogP contribution in [0.1, 0.15) is 48.5 Å². The fraction of sp³-hybridized carbons (Fsp3) is 0.417. The smallest absolute Gasteiger partial charge is 0.317 e. The average molecular weight is 465 g/mol. The highest BCUT2D eigenvalue weighted by atomic mass is 32.1. The minimum absolute atomic E-state index is 0.0460. The van der Waals surface area contributed by atoms with E-state index in [9.17, 15) is 9.59 Å². The predicted molar refractivity (Wildman–Crippen MR) is 127 cm³/mol. The molecule has 1 aliphatic heterocycles. The van der Waals surface area contributed by atoms with Gasteiger partial charge in [-0.15, -0.1) is 11.3 Å². The molecular weight excluding hydrogens is 436 g/mol. The zero-order valence-electron chi connectivity index (χ0n) is 18.4. The summed E-state index contributed by atoms with van der Waals surface area (Å²) in [5, 5.41) is 13.1. The van der Waals surface area contributed by atoms with E-state index >= 15 is 0 Å². The lowest BCUT2D eigenvalue weighted by Gasteiger charge is -2.34. The Hall–Kier alpha value is -3.20. The Bertz CT molecular complexity index is 1100. The van der Waals surface area contributed by atoms with Crippen molar-refractivity contribution < 1.29 is 9.59 Å². The number of amides is 3. The number of rotatable bonds is 5. The number of nitrogens with zero attached hydrogens (tertiary/aromatic N) is 4. The molecule has 1 saturated heterocycles. The van der Waals surface area contributed by atoms with E-state index in [0.717, 1.165) is 44.2 Å². The summed E-state index contributed by atoms with van der Waals surface area (Å²) >= 11 is 1.40. The molecule has 172 valence electrons. The van der Waals surface area contributed by atoms with Gasteiger partial charge in [-0.2, -0.15) is 5.10 Å². The van der Waals surface area contributed by atoms with E-state index in [1.165, 1.54) is 22.6 Å². The molecule has 0 radical (unpaired) electrons. The number of thiazole rings is 1. The summed E-state index contributed by atoms with van der Waals surface area (Å²) in [5.41, 5.74) is 3.53. The Labute approximate surface area is 197 Å². The summed E-state index contributed by atoms with van der Waals surface area (Å²) < 4.78 is 2.06. The van der Waals surface area contributed by atoms with Crippen LogP contribution in [0.3, 0.4) is 0 Å². The monoisotopic (exact) mass is 464 g/mol. The first-order valence-electron chi connectivity index (χ1n) is 11.5. The van der Waals surface area contributed by atoms with E-state index in [-0.39, 0.29) is 23.9 Å². The van der Waals surface area contributed by atoms with Crippen LogP contribution in [0.4, 0.5) is 9.93 Å². The Morgan fingerprint density at radius 2 is 2.03 bits per heavy atom. The second-order valence-corrected chi connectivity index (χ2v) is 9.59. The third-order valence-electron chi connectivity index (χ3n) is 6.48. The summed E-state index contributed by atoms with van der Waals surface area (Å²) in [6, 6.07) is 10.2. The van der Waals surface area contributed by atoms with Gasteiger partial charge < -0.3 is 15.5 Å². The topological polar surface area (TPSA) is 92.2 Å². The van der Waals surface area contributed by atoms with Crippen molar-refractivity contribution >= 4 is 28.4 Å². The van der Waals surface area contributed by atoms with Crippen LogP contribution in [0.25, 0.3) is 0 Å². The first-order chi connectivity index (χ1) is 16.2. The van der Waals surface area contributed by atoms with Gasteiger partial charge in [-0.25, -0.2) is 9.78 Å². The third kappa shape index (κ3) is 4.93. The van der Waals surface area contributed by atoms with Crippen molar-refractivity contribution in [3.63, 3.8) is 0 Å². The summed E-state index contributed by atoms with van der Waals surface area (Å²) in [7, 11) is 0. The molecule has 8 nitrogen and oxygen atoms in total. The molecule has 5 rings (SSSR count). The number of benzene rings is 1. The normalized spacial score (nSPS) is 20.2. The quantitative estimate of drug-likeness (QED) is 0.600. The molecule has 2 aromatic heterocycles. The Kier molecular flexibility index (Phi) is 6.39. The SMILES string of the molecule is O=C(Nc1nccs1)C1CCCN(C(=O)NC2CCCc3c2cnn3Cc2ccccc2)C1. The van der Waals surface area contributed by atoms with Crippen LogP contribution < -0.4 is 10.6 Å². The summed E-state index contributed by atoms with van der Waals surface area (Å²) in [6.45, 7) is 1.83. The van der Waals surface area contributed by atoms with Crippen molar-refractivity contribution in [3.05, 3.63) is 64.9 Å². The van der Waals surface area contributed by atoms with Crippen molar-refractivity contribution in [2.45, 2.75) is 44.7 Å². The van der Waals surface area contributed by atoms with Crippen LogP contribution in [-0.2, 0) is 17.8 Å². The van der Waals surface area contributed by atoms with Crippen LogP contribution in [0.5, 0.6) is 0 Å². The number of fused-ring (bicyclic) bond motifs is 1. The molecule has 0 spiro atoms. The molecule has 2 aliphatic rings. The molecule has 2 N–H and O–H groups in total. The predicted octanol–water partition coefficient (Wildman–Crippen LogP) is 3.83. The van der Waals surface area contributed by atoms with Crippen molar-refractivity contribution in [1.82, 2.24) is 25.0 Å². The molecule has 3 amide bonds. The van der Waals surface area contributed by atoms with Gasteiger partial charge in [0, 0.05) is 35.9 Å². The Morgan fingerprint density at radius 3 is 2.85 bits per heavy atom. The standard InChI is InChI=1S/C24H28N6O2S/c31-22(28-23-25-11-13-33-23)18-8-5-12-29(16-18)24(32)27-20-9-4-10-21-19(20)14-26-30(21)15-17-6-2-1-3-7-17/h1-3,6-7,11,13-14,18,20H,4-5,8-10,12,15-16H2,(H,27,32)(H,25,28,31). The summed E-state index contributed by atoms with van der Waals surface area (Å²) in [5.74, 6) is -0.284. The number of urea groups is 1. The minimum Gasteiger partial charge on any atom is -0.331 e. The fourth-order valence-electron chi connectivity index (χ4n) is 4.77. The molecule has 2 atom stereocenters. The maximum atomic E-state index is 13.1. The maximum Gasteiger partial charge on any atom is 0.317 e. The first kappa shape index (κ1) is 21.6. The molecule has 3 aromatic rings. The first-order valence-corrected chi connectivity index (χ1v) is 12.4. The van der Waals surface area contributed by atoms with E-state index in [1.807, 2.05) is 29.8 Å². The van der Waals surface area contributed by atoms with Gasteiger partial charge in [-0.1, -0.05) is 30.3 Å². The maximum absolute atomic E-state index is 13.1. The van der Waals surface area contributed by atoms with Gasteiger partial charge >= 0.3 is 6.03 Å². The lowest BCUT2D eigenvalue weighted by Crippen LogP contribution is -2.49. The molecule has 3 heterocycles. The van der Waals surface area contributed by atoms with Crippen LogP contribution >= 0.6 is 11.3 Å². The van der Waals surface area contributed by atoms with Gasteiger partial charge in [0.15, 0.2) is 5.13 Å². The van der Waals surface area contributed by atoms with Gasteiger partial charge in [0.1, 0.15) is 0 Å². The molecule has 0 bridgehead atoms. The van der Waals surface area contributed by atoms with E-state index in [4.69, 9.17) is 0 Å². The van der Waals surface area contributed by atoms with Gasteiger partial charge in [0.2, 0.25) is 5.91 Å². The van der Waals surface area contributed by atoms with Crippen LogP contribution in [-0.4, -0.2) is 44.7 Å². The number of carbonyl (C=O) groups excluding carboxylic acids is 2. The molecule has 1 fully saturated rings. The largest absolute Gasteiger partial charge is 0.331 e. The summed E-state index contributed by atoms with van der Waals surface area (Å²) in [4.78, 5) is 31.6. The number of piperidine rings is 1. The average Bonchev–Trinajstić information content (AvgIpc) is 3.51. The van der Waals surface area contributed by atoms with Crippen LogP contribution in [0.2, 0.25) is 0 Å². The van der Waals surface area contributed by atoms with Crippen molar-refractivity contribution in [2.75, 3.05) is 18.4 Å². The molecular formula is C24H28N6O2S. The lowest BCUT2D eigenvalue weighted by atomic mass is 9.93. The number of nitrogens with one attached hydrogen (secondary N) is 2. The second kappa shape index (κ2) is 9.74. The minimum atomic E-state index is -0.219. The van der Waals surface area contributed by atoms with Crippen LogP contribution in [0.15, 0.2) is 48.1 Å². The van der Waals surface area contributed by atoms with E-state index < -0.39 is 0 Å². The highest BCUT2D eigenvalue weighted by Crippen LogP contribution is 2.30. The molecule has 33 heavy (non-hydrogen) atoms. The number of anilines is 1. The highest BCUT2D eigenvalue weighted by Gasteiger charge is 2.31. The molecule has 1 aromatic carbocycles. The number of carbonyl (C=O) groups is 2. The van der Waals surface area contributed by atoms with E-state index in [1.54, 1.807) is 11.1 Å². The Balaban J connectivity index is 1.22. The number of hydrogen-bond acceptors (Lipinski definition) is 5. The van der Waals surface area contributed by atoms with Gasteiger partial charge in [-0.3, -0.25) is 9.48 Å². The zero-order chi connectivity index (χ0) is 22.6. The van der Waals surface area contributed by atoms with Gasteiger partial charge in [0.25, 0.3) is 0 Å². The Morgan fingerprint density at radius 1 is 1.15 bits per heavy atom. The number of likely N-dealkylation sites (tertiary alicyclic amines) is 1. The lowest BCUT2D eigenvalue weighted by molar-refractivity contribution is -0.121. The van der Waals surface area contributed by atoms with Gasteiger partial charge in [0.05, 0.1) is 24.7 Å². The molecule has 0 saturated carbocycles. The zero-order valence-corrected chi connectivity index (χ0v) is 19.3. The van der Waals surface area contributed by atoms with Gasteiger partial charge in [-0.05, 0) is 37.7 Å². The number of aromatic nitrogens is 3. The second-order valence-electron chi connectivity index (χ2n) is 8.70. The van der Waals surface area contributed by atoms with Crippen molar-refractivity contribution in [1.29, 1.82) is 0 Å². The third-order valence-corrected chi connectivity index (χ3v) is 7.17. The van der Waals surface area contributed by atoms with E-state index in [0.29, 0.717) is 18.2 Å². The van der Waals surface area contributed by atoms with E-state index in [2.05, 4.69) is 37.5 Å². The highest BCUT2D eigenvalue weighted by molar-refractivity contribution is 7.13. The van der Waals surface area contributed by atoms with Crippen molar-refractivity contribution in [3.8, 4) is 0 Å². The van der Waals surface area contributed by atoms with Crippen molar-refractivity contribution in [2.24, 2.45) is 5.92 Å².